The van der Waals surface area contributed by atoms with E-state index in [1.54, 1.807) is 0 Å². The zero-order valence-electron chi connectivity index (χ0n) is 19.9. The van der Waals surface area contributed by atoms with Crippen molar-refractivity contribution in [1.82, 2.24) is 10.9 Å². The van der Waals surface area contributed by atoms with Gasteiger partial charge in [-0.3, -0.25) is 26.0 Å². The van der Waals surface area contributed by atoms with Crippen LogP contribution in [-0.2, 0) is 22.8 Å². The molecule has 0 amide bonds. The first-order valence-corrected chi connectivity index (χ1v) is 12.8. The number of carboxylic acids is 1. The van der Waals surface area contributed by atoms with Crippen molar-refractivity contribution in [1.29, 1.82) is 0 Å². The van der Waals surface area contributed by atoms with Crippen molar-refractivity contribution in [3.8, 4) is 0 Å². The third kappa shape index (κ3) is 5.99. The second kappa shape index (κ2) is 11.1. The lowest BCUT2D eigenvalue weighted by Crippen LogP contribution is -2.42. The molecule has 5 rings (SSSR count). The first-order chi connectivity index (χ1) is 18.0. The average molecular weight is 534 g/mol. The highest BCUT2D eigenvalue weighted by molar-refractivity contribution is 7.82. The molecule has 2 aliphatic rings. The summed E-state index contributed by atoms with van der Waals surface area (Å²) in [4.78, 5) is 20.7. The Kier molecular flexibility index (Phi) is 7.50. The van der Waals surface area contributed by atoms with E-state index in [9.17, 15) is 9.90 Å². The van der Waals surface area contributed by atoms with Crippen LogP contribution >= 0.6 is 24.4 Å². The number of aliphatic carboxylic acids is 1. The van der Waals surface area contributed by atoms with Crippen molar-refractivity contribution in [2.24, 2.45) is 0 Å². The van der Waals surface area contributed by atoms with E-state index in [-0.39, 0.29) is 18.4 Å². The molecule has 190 valence electrons. The second-order valence-electron chi connectivity index (χ2n) is 9.08. The van der Waals surface area contributed by atoms with Crippen molar-refractivity contribution in [3.05, 3.63) is 89.5 Å². The Bertz CT molecular complexity index is 1300. The summed E-state index contributed by atoms with van der Waals surface area (Å²) in [5, 5.41) is 12.7. The van der Waals surface area contributed by atoms with Crippen LogP contribution in [0.3, 0.4) is 0 Å². The number of hydrogen-bond acceptors (Lipinski definition) is 7. The van der Waals surface area contributed by atoms with E-state index >= 15 is 0 Å². The number of anilines is 3. The summed E-state index contributed by atoms with van der Waals surface area (Å²) in [6.07, 6.45) is 0.0565. The first kappa shape index (κ1) is 24.9. The number of thiocarbonyl (C=S) groups is 2. The summed E-state index contributed by atoms with van der Waals surface area (Å²) in [5.74, 6) is -0.967. The molecule has 1 fully saturated rings. The van der Waals surface area contributed by atoms with Crippen LogP contribution in [0.15, 0.2) is 72.8 Å². The fourth-order valence-corrected chi connectivity index (χ4v) is 5.32. The van der Waals surface area contributed by atoms with Crippen LogP contribution in [0.2, 0.25) is 0 Å². The molecule has 0 radical (unpaired) electrons. The van der Waals surface area contributed by atoms with Gasteiger partial charge in [-0.05, 0) is 41.0 Å². The molecule has 0 saturated carbocycles. The number of fused-ring (bicyclic) bond motifs is 1. The lowest BCUT2D eigenvalue weighted by molar-refractivity contribution is -0.137. The lowest BCUT2D eigenvalue weighted by Gasteiger charge is -2.37. The Morgan fingerprint density at radius 1 is 1.00 bits per heavy atom. The smallest absolute Gasteiger partial charge is 0.305 e. The second-order valence-corrected chi connectivity index (χ2v) is 9.96. The highest BCUT2D eigenvalue weighted by Crippen LogP contribution is 2.34. The van der Waals surface area contributed by atoms with Gasteiger partial charge in [0.1, 0.15) is 9.98 Å². The third-order valence-corrected chi connectivity index (χ3v) is 7.00. The van der Waals surface area contributed by atoms with Gasteiger partial charge >= 0.3 is 5.97 Å². The molecule has 10 heteroatoms. The van der Waals surface area contributed by atoms with E-state index in [4.69, 9.17) is 29.3 Å². The van der Waals surface area contributed by atoms with Crippen LogP contribution in [0.5, 0.6) is 0 Å². The minimum atomic E-state index is -0.815. The van der Waals surface area contributed by atoms with Crippen LogP contribution in [0.4, 0.5) is 17.1 Å². The minimum Gasteiger partial charge on any atom is -0.481 e. The van der Waals surface area contributed by atoms with E-state index in [1.807, 2.05) is 54.6 Å². The fourth-order valence-electron chi connectivity index (χ4n) is 4.63. The van der Waals surface area contributed by atoms with Crippen LogP contribution in [-0.4, -0.2) is 33.6 Å². The molecule has 0 bridgehead atoms. The maximum absolute atomic E-state index is 11.4. The number of benzene rings is 3. The van der Waals surface area contributed by atoms with Crippen molar-refractivity contribution in [3.63, 3.8) is 0 Å². The molecule has 8 nitrogen and oxygen atoms in total. The standard InChI is InChI=1S/C27H27N5O3S2/c33-24(34)13-21-15-32(14-17-5-2-1-3-6-17)23-11-18(9-10-22(23)28-21)16-35-31-20-8-4-7-19(12-20)25-26(36)29-30-27(25)37/h1-12,21,25,28,31H,13-16H2,(H,29,36)(H,30,37)(H,33,34). The topological polar surface area (TPSA) is 97.9 Å². The zero-order valence-corrected chi connectivity index (χ0v) is 21.6. The van der Waals surface area contributed by atoms with E-state index in [1.165, 1.54) is 5.56 Å². The van der Waals surface area contributed by atoms with Gasteiger partial charge in [-0.2, -0.15) is 0 Å². The number of nitrogens with one attached hydrogen (secondary N) is 4. The molecule has 37 heavy (non-hydrogen) atoms. The largest absolute Gasteiger partial charge is 0.481 e. The Labute approximate surface area is 225 Å². The number of rotatable bonds is 9. The van der Waals surface area contributed by atoms with Crippen LogP contribution in [0.25, 0.3) is 0 Å². The molecule has 2 heterocycles. The molecular weight excluding hydrogens is 506 g/mol. The fraction of sp³-hybridized carbons (Fsp3) is 0.222. The molecule has 0 aromatic heterocycles. The predicted molar refractivity (Wildman–Crippen MR) is 153 cm³/mol. The van der Waals surface area contributed by atoms with Gasteiger partial charge in [-0.25, -0.2) is 0 Å². The van der Waals surface area contributed by atoms with Gasteiger partial charge < -0.3 is 15.3 Å². The number of hydrazine groups is 1. The van der Waals surface area contributed by atoms with E-state index in [2.05, 4.69) is 44.7 Å². The normalized spacial score (nSPS) is 17.0. The monoisotopic (exact) mass is 533 g/mol. The van der Waals surface area contributed by atoms with E-state index in [0.29, 0.717) is 29.7 Å². The minimum absolute atomic E-state index is 0.0565. The maximum Gasteiger partial charge on any atom is 0.305 e. The zero-order chi connectivity index (χ0) is 25.8. The lowest BCUT2D eigenvalue weighted by atomic mass is 10.00. The molecule has 0 aliphatic carbocycles. The van der Waals surface area contributed by atoms with Crippen LogP contribution in [0, 0.1) is 0 Å². The molecule has 1 unspecified atom stereocenters. The van der Waals surface area contributed by atoms with Gasteiger partial charge in [0, 0.05) is 13.1 Å². The van der Waals surface area contributed by atoms with Crippen molar-refractivity contribution in [2.75, 3.05) is 22.2 Å². The number of nitrogens with zero attached hydrogens (tertiary/aromatic N) is 1. The van der Waals surface area contributed by atoms with Gasteiger partial charge in [0.15, 0.2) is 0 Å². The SMILES string of the molecule is O=C(O)CC1CN(Cc2ccccc2)c2cc(CONc3cccc(C4C(=S)NNC4=S)c3)ccc2N1. The molecule has 3 aromatic carbocycles. The molecule has 1 atom stereocenters. The molecule has 3 aromatic rings. The summed E-state index contributed by atoms with van der Waals surface area (Å²) >= 11 is 10.7. The van der Waals surface area contributed by atoms with Gasteiger partial charge in [-0.15, -0.1) is 0 Å². The molecule has 1 saturated heterocycles. The summed E-state index contributed by atoms with van der Waals surface area (Å²) in [5.41, 5.74) is 14.7. The Balaban J connectivity index is 1.28. The first-order valence-electron chi connectivity index (χ1n) is 11.9. The highest BCUT2D eigenvalue weighted by Gasteiger charge is 2.28. The average Bonchev–Trinajstić information content (AvgIpc) is 3.22. The van der Waals surface area contributed by atoms with E-state index < -0.39 is 5.97 Å². The van der Waals surface area contributed by atoms with Crippen molar-refractivity contribution >= 4 is 57.4 Å². The Morgan fingerprint density at radius 2 is 1.78 bits per heavy atom. The van der Waals surface area contributed by atoms with Gasteiger partial charge in [-0.1, -0.05) is 73.0 Å². The van der Waals surface area contributed by atoms with E-state index in [0.717, 1.165) is 28.2 Å². The van der Waals surface area contributed by atoms with Crippen LogP contribution < -0.4 is 26.5 Å². The van der Waals surface area contributed by atoms with Gasteiger partial charge in [0.25, 0.3) is 0 Å². The highest BCUT2D eigenvalue weighted by atomic mass is 32.1. The van der Waals surface area contributed by atoms with Crippen molar-refractivity contribution in [2.45, 2.75) is 31.5 Å². The maximum atomic E-state index is 11.4. The number of carboxylic acid groups (broad SMARTS) is 1. The van der Waals surface area contributed by atoms with Crippen molar-refractivity contribution < 1.29 is 14.7 Å². The number of carbonyl (C=O) groups is 1. The summed E-state index contributed by atoms with van der Waals surface area (Å²) in [7, 11) is 0. The summed E-state index contributed by atoms with van der Waals surface area (Å²) in [6, 6.07) is 23.9. The summed E-state index contributed by atoms with van der Waals surface area (Å²) in [6.45, 7) is 1.63. The molecule has 2 aliphatic heterocycles. The molecule has 0 spiro atoms. The van der Waals surface area contributed by atoms with Crippen LogP contribution in [0.1, 0.15) is 29.0 Å². The van der Waals surface area contributed by atoms with Gasteiger partial charge in [0.05, 0.1) is 42.0 Å². The molecular formula is C27H27N5O3S2. The molecule has 5 N–H and O–H groups in total. The predicted octanol–water partition coefficient (Wildman–Crippen LogP) is 4.35. The quantitative estimate of drug-likeness (QED) is 0.202. The Morgan fingerprint density at radius 3 is 2.54 bits per heavy atom. The third-order valence-electron chi connectivity index (χ3n) is 6.32. The summed E-state index contributed by atoms with van der Waals surface area (Å²) < 4.78 is 0. The number of hydrogen-bond donors (Lipinski definition) is 5. The Hall–Kier alpha value is -3.73. The van der Waals surface area contributed by atoms with Gasteiger partial charge in [0.2, 0.25) is 0 Å².